The van der Waals surface area contributed by atoms with E-state index in [9.17, 15) is 8.42 Å². The molecule has 0 aliphatic rings. The van der Waals surface area contributed by atoms with Gasteiger partial charge in [0.25, 0.3) is 10.1 Å². The van der Waals surface area contributed by atoms with Crippen LogP contribution in [0.25, 0.3) is 0 Å². The minimum atomic E-state index is -3.99. The highest BCUT2D eigenvalue weighted by molar-refractivity contribution is 7.86. The van der Waals surface area contributed by atoms with Gasteiger partial charge in [0.05, 0.1) is 0 Å². The molecule has 0 saturated heterocycles. The van der Waals surface area contributed by atoms with Gasteiger partial charge in [-0.1, -0.05) is 31.2 Å². The molecule has 0 radical (unpaired) electrons. The van der Waals surface area contributed by atoms with E-state index in [0.29, 0.717) is 12.0 Å². The van der Waals surface area contributed by atoms with E-state index < -0.39 is 15.4 Å². The van der Waals surface area contributed by atoms with Gasteiger partial charge in [-0.15, -0.1) is 0 Å². The van der Waals surface area contributed by atoms with E-state index in [-0.39, 0.29) is 0 Å². The van der Waals surface area contributed by atoms with Gasteiger partial charge in [-0.2, -0.15) is 8.42 Å². The highest BCUT2D eigenvalue weighted by Gasteiger charge is 2.23. The third-order valence-electron chi connectivity index (χ3n) is 2.27. The number of rotatable bonds is 3. The van der Waals surface area contributed by atoms with Gasteiger partial charge < -0.3 is 0 Å². The smallest absolute Gasteiger partial charge is 0.271 e. The van der Waals surface area contributed by atoms with E-state index in [1.807, 2.05) is 19.1 Å². The molecule has 0 saturated carbocycles. The summed E-state index contributed by atoms with van der Waals surface area (Å²) >= 11 is 0. The molecule has 0 aromatic heterocycles. The van der Waals surface area contributed by atoms with Crippen molar-refractivity contribution in [2.75, 3.05) is 0 Å². The van der Waals surface area contributed by atoms with Gasteiger partial charge in [0, 0.05) is 0 Å². The van der Waals surface area contributed by atoms with Crippen LogP contribution in [0.3, 0.4) is 0 Å². The molecule has 1 aromatic rings. The lowest BCUT2D eigenvalue weighted by atomic mass is 10.0. The van der Waals surface area contributed by atoms with Gasteiger partial charge in [0.1, 0.15) is 5.25 Å². The monoisotopic (exact) mass is 214 g/mol. The summed E-state index contributed by atoms with van der Waals surface area (Å²) in [6.07, 6.45) is 0.379. The Balaban J connectivity index is 3.21. The van der Waals surface area contributed by atoms with Gasteiger partial charge in [-0.25, -0.2) is 0 Å². The number of hydrogen-bond donors (Lipinski definition) is 1. The van der Waals surface area contributed by atoms with Gasteiger partial charge in [-0.3, -0.25) is 4.55 Å². The second kappa shape index (κ2) is 4.11. The van der Waals surface area contributed by atoms with E-state index in [1.165, 1.54) is 0 Å². The summed E-state index contributed by atoms with van der Waals surface area (Å²) in [5, 5.41) is -0.802. The van der Waals surface area contributed by atoms with Crippen LogP contribution in [0.15, 0.2) is 24.3 Å². The molecule has 3 nitrogen and oxygen atoms in total. The molecule has 14 heavy (non-hydrogen) atoms. The lowest BCUT2D eigenvalue weighted by molar-refractivity contribution is 0.466. The zero-order chi connectivity index (χ0) is 10.8. The van der Waals surface area contributed by atoms with Crippen molar-refractivity contribution in [3.8, 4) is 0 Å². The van der Waals surface area contributed by atoms with Crippen molar-refractivity contribution in [3.63, 3.8) is 0 Å². The first-order chi connectivity index (χ1) is 6.46. The predicted octanol–water partition coefficient (Wildman–Crippen LogP) is 2.33. The second-order valence-corrected chi connectivity index (χ2v) is 4.87. The first-order valence-corrected chi connectivity index (χ1v) is 5.99. The Labute approximate surface area is 84.5 Å². The second-order valence-electron chi connectivity index (χ2n) is 3.27. The van der Waals surface area contributed by atoms with Gasteiger partial charge >= 0.3 is 0 Å². The van der Waals surface area contributed by atoms with E-state index in [2.05, 4.69) is 0 Å². The molecule has 1 rings (SSSR count). The summed E-state index contributed by atoms with van der Waals surface area (Å²) in [7, 11) is -3.99. The Kier molecular flexibility index (Phi) is 3.29. The average molecular weight is 214 g/mol. The van der Waals surface area contributed by atoms with Crippen molar-refractivity contribution >= 4 is 10.1 Å². The van der Waals surface area contributed by atoms with Gasteiger partial charge in [-0.05, 0) is 24.5 Å². The fraction of sp³-hybridized carbons (Fsp3) is 0.400. The summed E-state index contributed by atoms with van der Waals surface area (Å²) in [6, 6.07) is 7.19. The summed E-state index contributed by atoms with van der Waals surface area (Å²) in [5.74, 6) is 0. The normalized spacial score (nSPS) is 13.9. The molecular formula is C10H14O3S. The maximum Gasteiger partial charge on any atom is 0.271 e. The van der Waals surface area contributed by atoms with Crippen LogP contribution in [-0.4, -0.2) is 13.0 Å². The minimum absolute atomic E-state index is 0.379. The standard InChI is InChI=1S/C10H14O3S/c1-3-10(14(11,12)13)9-7-5-4-6-8(9)2/h4-7,10H,3H2,1-2H3,(H,11,12,13). The summed E-state index contributed by atoms with van der Waals surface area (Å²) < 4.78 is 31.2. The van der Waals surface area contributed by atoms with Crippen LogP contribution in [0.5, 0.6) is 0 Å². The molecule has 1 atom stereocenters. The highest BCUT2D eigenvalue weighted by Crippen LogP contribution is 2.27. The Morgan fingerprint density at radius 1 is 1.36 bits per heavy atom. The average Bonchev–Trinajstić information content (AvgIpc) is 2.07. The molecule has 0 heterocycles. The van der Waals surface area contributed by atoms with Crippen molar-refractivity contribution < 1.29 is 13.0 Å². The third kappa shape index (κ3) is 2.33. The molecule has 78 valence electrons. The third-order valence-corrected chi connectivity index (χ3v) is 3.57. The molecule has 4 heteroatoms. The highest BCUT2D eigenvalue weighted by atomic mass is 32.2. The lowest BCUT2D eigenvalue weighted by Crippen LogP contribution is -2.12. The molecular weight excluding hydrogens is 200 g/mol. The topological polar surface area (TPSA) is 54.4 Å². The van der Waals surface area contributed by atoms with E-state index in [4.69, 9.17) is 4.55 Å². The first kappa shape index (κ1) is 11.2. The minimum Gasteiger partial charge on any atom is -0.285 e. The zero-order valence-electron chi connectivity index (χ0n) is 8.27. The number of benzene rings is 1. The molecule has 1 N–H and O–H groups in total. The Hall–Kier alpha value is -0.870. The first-order valence-electron chi connectivity index (χ1n) is 4.48. The van der Waals surface area contributed by atoms with Crippen LogP contribution in [0.2, 0.25) is 0 Å². The molecule has 1 unspecified atom stereocenters. The largest absolute Gasteiger partial charge is 0.285 e. The summed E-state index contributed by atoms with van der Waals surface area (Å²) in [5.41, 5.74) is 1.56. The van der Waals surface area contributed by atoms with E-state index in [0.717, 1.165) is 5.56 Å². The van der Waals surface area contributed by atoms with Gasteiger partial charge in [0.15, 0.2) is 0 Å². The van der Waals surface area contributed by atoms with Crippen LogP contribution >= 0.6 is 0 Å². The molecule has 0 aliphatic heterocycles. The molecule has 0 fully saturated rings. The molecule has 0 spiro atoms. The summed E-state index contributed by atoms with van der Waals surface area (Å²) in [4.78, 5) is 0. The molecule has 1 aromatic carbocycles. The maximum atomic E-state index is 11.1. The molecule has 0 amide bonds. The maximum absolute atomic E-state index is 11.1. The van der Waals surface area contributed by atoms with Crippen LogP contribution < -0.4 is 0 Å². The Bertz CT molecular complexity index is 409. The number of aryl methyl sites for hydroxylation is 1. The fourth-order valence-electron chi connectivity index (χ4n) is 1.54. The lowest BCUT2D eigenvalue weighted by Gasteiger charge is -2.14. The van der Waals surface area contributed by atoms with Crippen molar-refractivity contribution in [1.29, 1.82) is 0 Å². The molecule has 0 bridgehead atoms. The van der Waals surface area contributed by atoms with Crippen molar-refractivity contribution in [2.24, 2.45) is 0 Å². The Morgan fingerprint density at radius 2 is 1.93 bits per heavy atom. The van der Waals surface area contributed by atoms with Gasteiger partial charge in [0.2, 0.25) is 0 Å². The van der Waals surface area contributed by atoms with Crippen molar-refractivity contribution in [3.05, 3.63) is 35.4 Å². The van der Waals surface area contributed by atoms with Crippen LogP contribution in [0.1, 0.15) is 29.7 Å². The predicted molar refractivity (Wildman–Crippen MR) is 55.8 cm³/mol. The fourth-order valence-corrected chi connectivity index (χ4v) is 2.55. The summed E-state index contributed by atoms with van der Waals surface area (Å²) in [6.45, 7) is 3.58. The van der Waals surface area contributed by atoms with Crippen LogP contribution in [0, 0.1) is 6.92 Å². The van der Waals surface area contributed by atoms with Crippen LogP contribution in [0.4, 0.5) is 0 Å². The zero-order valence-corrected chi connectivity index (χ0v) is 9.08. The quantitative estimate of drug-likeness (QED) is 0.786. The van der Waals surface area contributed by atoms with Crippen molar-refractivity contribution in [1.82, 2.24) is 0 Å². The van der Waals surface area contributed by atoms with E-state index in [1.54, 1.807) is 19.1 Å². The SMILES string of the molecule is CCC(c1ccccc1C)S(=O)(=O)O. The van der Waals surface area contributed by atoms with E-state index >= 15 is 0 Å². The Morgan fingerprint density at radius 3 is 2.36 bits per heavy atom. The van der Waals surface area contributed by atoms with Crippen molar-refractivity contribution in [2.45, 2.75) is 25.5 Å². The molecule has 0 aliphatic carbocycles. The number of hydrogen-bond acceptors (Lipinski definition) is 2. The van der Waals surface area contributed by atoms with Crippen LogP contribution in [-0.2, 0) is 10.1 Å².